The topological polar surface area (TPSA) is 135 Å². The normalized spacial score (nSPS) is 14.2. The fourth-order valence-corrected chi connectivity index (χ4v) is 2.00. The molecule has 8 nitrogen and oxygen atoms in total. The number of primary amides is 1. The van der Waals surface area contributed by atoms with E-state index in [4.69, 9.17) is 5.73 Å². The average Bonchev–Trinajstić information content (AvgIpc) is 2.52. The van der Waals surface area contributed by atoms with Gasteiger partial charge in [-0.15, -0.1) is 0 Å². The van der Waals surface area contributed by atoms with Gasteiger partial charge in [-0.2, -0.15) is 0 Å². The molecule has 3 amide bonds. The quantitative estimate of drug-likeness (QED) is 0.479. The molecule has 8 heteroatoms. The van der Waals surface area contributed by atoms with Crippen LogP contribution < -0.4 is 16.4 Å². The average molecular weight is 341 g/mol. The number of hydrogen-bond donors (Lipinski definition) is 3. The predicted octanol–water partition coefficient (Wildman–Crippen LogP) is -0.164. The number of carbonyl (C=O) groups is 5. The van der Waals surface area contributed by atoms with Crippen molar-refractivity contribution < 1.29 is 24.0 Å². The number of amides is 3. The molecule has 0 aliphatic carbocycles. The zero-order valence-corrected chi connectivity index (χ0v) is 14.7. The van der Waals surface area contributed by atoms with Crippen molar-refractivity contribution in [1.29, 1.82) is 0 Å². The maximum absolute atomic E-state index is 12.1. The Morgan fingerprint density at radius 1 is 0.875 bits per heavy atom. The first-order valence-electron chi connectivity index (χ1n) is 8.05. The molecule has 0 aromatic rings. The summed E-state index contributed by atoms with van der Waals surface area (Å²) in [6, 6.07) is -1.67. The summed E-state index contributed by atoms with van der Waals surface area (Å²) in [5.41, 5.74) is 5.08. The molecule has 136 valence electrons. The SMILES string of the molecule is CCC(=O)N[C@@H](C)C(=O)C[C@H](C)C(=O)N[C@H](CC(N)=O)C(=O)CC. The zero-order chi connectivity index (χ0) is 18.9. The number of Topliss-reactive ketones (excluding diaryl/α,β-unsaturated/α-hetero) is 2. The third-order valence-electron chi connectivity index (χ3n) is 3.60. The van der Waals surface area contributed by atoms with E-state index in [1.807, 2.05) is 0 Å². The monoisotopic (exact) mass is 341 g/mol. The van der Waals surface area contributed by atoms with E-state index in [9.17, 15) is 24.0 Å². The van der Waals surface area contributed by atoms with E-state index >= 15 is 0 Å². The van der Waals surface area contributed by atoms with Gasteiger partial charge in [0.25, 0.3) is 0 Å². The summed E-state index contributed by atoms with van der Waals surface area (Å²) >= 11 is 0. The highest BCUT2D eigenvalue weighted by molar-refractivity contribution is 5.95. The molecule has 0 aliphatic heterocycles. The molecule has 0 unspecified atom stereocenters. The largest absolute Gasteiger partial charge is 0.370 e. The van der Waals surface area contributed by atoms with Crippen molar-refractivity contribution in [3.8, 4) is 0 Å². The van der Waals surface area contributed by atoms with Gasteiger partial charge in [0.2, 0.25) is 17.7 Å². The number of ketones is 2. The fraction of sp³-hybridized carbons (Fsp3) is 0.688. The van der Waals surface area contributed by atoms with Crippen LogP contribution in [0.5, 0.6) is 0 Å². The minimum absolute atomic E-state index is 0.0827. The molecule has 0 radical (unpaired) electrons. The van der Waals surface area contributed by atoms with Crippen molar-refractivity contribution >= 4 is 29.3 Å². The van der Waals surface area contributed by atoms with Crippen LogP contribution in [0.2, 0.25) is 0 Å². The van der Waals surface area contributed by atoms with Crippen LogP contribution in [0, 0.1) is 5.92 Å². The van der Waals surface area contributed by atoms with Crippen molar-refractivity contribution in [3.05, 3.63) is 0 Å². The molecular weight excluding hydrogens is 314 g/mol. The number of nitrogens with two attached hydrogens (primary N) is 1. The van der Waals surface area contributed by atoms with Gasteiger partial charge in [0.05, 0.1) is 18.5 Å². The molecule has 0 aromatic heterocycles. The zero-order valence-electron chi connectivity index (χ0n) is 14.7. The lowest BCUT2D eigenvalue weighted by Crippen LogP contribution is -2.46. The molecule has 0 heterocycles. The van der Waals surface area contributed by atoms with Crippen LogP contribution in [0.1, 0.15) is 53.4 Å². The van der Waals surface area contributed by atoms with Crippen LogP contribution in [0.3, 0.4) is 0 Å². The molecular formula is C16H27N3O5. The molecule has 4 N–H and O–H groups in total. The van der Waals surface area contributed by atoms with Gasteiger partial charge in [0.15, 0.2) is 11.6 Å². The lowest BCUT2D eigenvalue weighted by Gasteiger charge is -2.19. The van der Waals surface area contributed by atoms with Crippen molar-refractivity contribution in [3.63, 3.8) is 0 Å². The number of hydrogen-bond acceptors (Lipinski definition) is 5. The maximum atomic E-state index is 12.1. The van der Waals surface area contributed by atoms with Crippen LogP contribution in [0.25, 0.3) is 0 Å². The Bertz CT molecular complexity index is 504. The summed E-state index contributed by atoms with van der Waals surface area (Å²) in [7, 11) is 0. The predicted molar refractivity (Wildman–Crippen MR) is 87.7 cm³/mol. The van der Waals surface area contributed by atoms with Gasteiger partial charge in [-0.3, -0.25) is 24.0 Å². The number of carbonyl (C=O) groups excluding carboxylic acids is 5. The van der Waals surface area contributed by atoms with Crippen molar-refractivity contribution in [2.45, 2.75) is 65.5 Å². The van der Waals surface area contributed by atoms with Crippen molar-refractivity contribution in [1.82, 2.24) is 10.6 Å². The van der Waals surface area contributed by atoms with E-state index in [1.165, 1.54) is 0 Å². The van der Waals surface area contributed by atoms with E-state index in [1.54, 1.807) is 27.7 Å². The molecule has 0 aliphatic rings. The molecule has 3 atom stereocenters. The highest BCUT2D eigenvalue weighted by Crippen LogP contribution is 2.08. The first kappa shape index (κ1) is 21.8. The van der Waals surface area contributed by atoms with E-state index < -0.39 is 29.8 Å². The highest BCUT2D eigenvalue weighted by Gasteiger charge is 2.26. The highest BCUT2D eigenvalue weighted by atomic mass is 16.2. The van der Waals surface area contributed by atoms with E-state index in [0.29, 0.717) is 0 Å². The molecule has 0 rings (SSSR count). The second-order valence-electron chi connectivity index (χ2n) is 5.77. The molecule has 0 saturated carbocycles. The molecule has 0 spiro atoms. The van der Waals surface area contributed by atoms with Gasteiger partial charge >= 0.3 is 0 Å². The Morgan fingerprint density at radius 3 is 1.92 bits per heavy atom. The molecule has 0 fully saturated rings. The standard InChI is InChI=1S/C16H27N3O5/c1-5-12(20)11(8-14(17)22)19-16(24)9(3)7-13(21)10(4)18-15(23)6-2/h9-11H,5-8H2,1-4H3,(H2,17,22)(H,18,23)(H,19,24)/t9-,10-,11+/m0/s1. The van der Waals surface area contributed by atoms with Crippen LogP contribution in [-0.2, 0) is 24.0 Å². The Morgan fingerprint density at radius 2 is 1.46 bits per heavy atom. The van der Waals surface area contributed by atoms with Crippen LogP contribution in [0.15, 0.2) is 0 Å². The first-order valence-corrected chi connectivity index (χ1v) is 8.05. The Balaban J connectivity index is 4.68. The van der Waals surface area contributed by atoms with Crippen LogP contribution >= 0.6 is 0 Å². The lowest BCUT2D eigenvalue weighted by atomic mass is 9.98. The number of rotatable bonds is 11. The summed E-state index contributed by atoms with van der Waals surface area (Å²) in [5.74, 6) is -2.73. The van der Waals surface area contributed by atoms with E-state index in [-0.39, 0.29) is 43.2 Å². The van der Waals surface area contributed by atoms with Crippen molar-refractivity contribution in [2.75, 3.05) is 0 Å². The minimum Gasteiger partial charge on any atom is -0.370 e. The molecule has 0 bridgehead atoms. The van der Waals surface area contributed by atoms with Crippen LogP contribution in [0.4, 0.5) is 0 Å². The summed E-state index contributed by atoms with van der Waals surface area (Å²) in [6.45, 7) is 6.39. The second-order valence-corrected chi connectivity index (χ2v) is 5.77. The van der Waals surface area contributed by atoms with Crippen molar-refractivity contribution in [2.24, 2.45) is 11.7 Å². The van der Waals surface area contributed by atoms with Gasteiger partial charge in [0.1, 0.15) is 0 Å². The Labute approximate surface area is 141 Å². The van der Waals surface area contributed by atoms with Gasteiger partial charge in [-0.1, -0.05) is 20.8 Å². The molecule has 0 saturated heterocycles. The summed E-state index contributed by atoms with van der Waals surface area (Å²) < 4.78 is 0. The third kappa shape index (κ3) is 7.85. The molecule has 24 heavy (non-hydrogen) atoms. The summed E-state index contributed by atoms with van der Waals surface area (Å²) in [5, 5.41) is 5.00. The first-order chi connectivity index (χ1) is 11.1. The maximum Gasteiger partial charge on any atom is 0.223 e. The van der Waals surface area contributed by atoms with E-state index in [0.717, 1.165) is 0 Å². The van der Waals surface area contributed by atoms with Gasteiger partial charge < -0.3 is 16.4 Å². The second kappa shape index (κ2) is 10.5. The third-order valence-corrected chi connectivity index (χ3v) is 3.60. The van der Waals surface area contributed by atoms with E-state index in [2.05, 4.69) is 10.6 Å². The Kier molecular flexibility index (Phi) is 9.53. The Hall–Kier alpha value is -2.25. The number of nitrogens with one attached hydrogen (secondary N) is 2. The lowest BCUT2D eigenvalue weighted by molar-refractivity contribution is -0.133. The van der Waals surface area contributed by atoms with Crippen LogP contribution in [-0.4, -0.2) is 41.4 Å². The van der Waals surface area contributed by atoms with Gasteiger partial charge in [0, 0.05) is 25.2 Å². The molecule has 0 aromatic carbocycles. The minimum atomic E-state index is -0.977. The summed E-state index contributed by atoms with van der Waals surface area (Å²) in [4.78, 5) is 58.2. The smallest absolute Gasteiger partial charge is 0.223 e. The fourth-order valence-electron chi connectivity index (χ4n) is 2.00. The van der Waals surface area contributed by atoms with Gasteiger partial charge in [-0.05, 0) is 6.92 Å². The summed E-state index contributed by atoms with van der Waals surface area (Å²) in [6.07, 6.45) is 0.0653. The van der Waals surface area contributed by atoms with Gasteiger partial charge in [-0.25, -0.2) is 0 Å².